The van der Waals surface area contributed by atoms with E-state index in [4.69, 9.17) is 14.2 Å². The second-order valence-corrected chi connectivity index (χ2v) is 7.48. The van der Waals surface area contributed by atoms with Crippen LogP contribution < -0.4 is 24.8 Å². The van der Waals surface area contributed by atoms with E-state index in [1.54, 1.807) is 33.5 Å². The molecule has 0 aromatic heterocycles. The Balaban J connectivity index is 2.16. The number of halogens is 1. The molecule has 2 aromatic carbocycles. The Morgan fingerprint density at radius 3 is 2.20 bits per heavy atom. The Kier molecular flexibility index (Phi) is 8.33. The summed E-state index contributed by atoms with van der Waals surface area (Å²) < 4.78 is 29.8. The summed E-state index contributed by atoms with van der Waals surface area (Å²) in [5.41, 5.74) is 1.58. The van der Waals surface area contributed by atoms with E-state index in [0.717, 1.165) is 17.7 Å². The van der Waals surface area contributed by atoms with E-state index in [-0.39, 0.29) is 11.2 Å². The van der Waals surface area contributed by atoms with Crippen molar-refractivity contribution in [3.8, 4) is 17.2 Å². The summed E-state index contributed by atoms with van der Waals surface area (Å²) in [5.74, 6) is 2.17. The maximum Gasteiger partial charge on any atom is 0.203 e. The second kappa shape index (κ2) is 10.7. The molecule has 2 N–H and O–H groups in total. The molecule has 0 fully saturated rings. The molecule has 164 valence electrons. The molecule has 2 rings (SSSR count). The van der Waals surface area contributed by atoms with Crippen LogP contribution >= 0.6 is 0 Å². The summed E-state index contributed by atoms with van der Waals surface area (Å²) in [5, 5.41) is 6.60. The van der Waals surface area contributed by atoms with E-state index in [2.05, 4.69) is 29.5 Å². The molecule has 0 heterocycles. The number of hydrogen-bond donors (Lipinski definition) is 2. The molecule has 0 bridgehead atoms. The average Bonchev–Trinajstić information content (AvgIpc) is 2.74. The number of rotatable bonds is 9. The van der Waals surface area contributed by atoms with Crippen molar-refractivity contribution in [1.82, 2.24) is 10.6 Å². The number of hydrogen-bond acceptors (Lipinski definition) is 4. The highest BCUT2D eigenvalue weighted by Crippen LogP contribution is 2.38. The molecular weight excluding hydrogens is 385 g/mol. The molecule has 0 spiro atoms. The molecule has 0 radical (unpaired) electrons. The molecule has 7 heteroatoms. The molecule has 0 aliphatic heterocycles. The molecule has 0 atom stereocenters. The van der Waals surface area contributed by atoms with Gasteiger partial charge in [0.25, 0.3) is 0 Å². The lowest BCUT2D eigenvalue weighted by molar-refractivity contribution is 0.324. The van der Waals surface area contributed by atoms with Gasteiger partial charge >= 0.3 is 0 Å². The van der Waals surface area contributed by atoms with E-state index in [0.29, 0.717) is 36.3 Å². The number of aliphatic imine (C=N–C) groups is 1. The van der Waals surface area contributed by atoms with Gasteiger partial charge in [-0.25, -0.2) is 9.38 Å². The van der Waals surface area contributed by atoms with Crippen LogP contribution in [0.15, 0.2) is 41.4 Å². The predicted molar refractivity (Wildman–Crippen MR) is 118 cm³/mol. The van der Waals surface area contributed by atoms with Gasteiger partial charge < -0.3 is 24.8 Å². The minimum absolute atomic E-state index is 0.233. The number of nitrogens with zero attached hydrogens (tertiary/aromatic N) is 1. The minimum Gasteiger partial charge on any atom is -0.493 e. The van der Waals surface area contributed by atoms with Crippen LogP contribution in [0.2, 0.25) is 0 Å². The molecule has 0 amide bonds. The van der Waals surface area contributed by atoms with Gasteiger partial charge in [0.15, 0.2) is 17.5 Å². The van der Waals surface area contributed by atoms with Gasteiger partial charge in [-0.1, -0.05) is 26.0 Å². The van der Waals surface area contributed by atoms with Gasteiger partial charge in [-0.2, -0.15) is 0 Å². The first-order valence-corrected chi connectivity index (χ1v) is 9.91. The molecule has 0 aliphatic carbocycles. The van der Waals surface area contributed by atoms with Crippen molar-refractivity contribution in [3.05, 3.63) is 53.3 Å². The first-order valence-electron chi connectivity index (χ1n) is 9.91. The van der Waals surface area contributed by atoms with Crippen LogP contribution in [0.25, 0.3) is 0 Å². The third kappa shape index (κ3) is 6.02. The van der Waals surface area contributed by atoms with Crippen molar-refractivity contribution in [2.24, 2.45) is 4.99 Å². The normalized spacial score (nSPS) is 11.8. The lowest BCUT2D eigenvalue weighted by Crippen LogP contribution is -2.43. The zero-order valence-electron chi connectivity index (χ0n) is 18.6. The van der Waals surface area contributed by atoms with Crippen LogP contribution in [0.5, 0.6) is 17.2 Å². The van der Waals surface area contributed by atoms with Crippen molar-refractivity contribution in [3.63, 3.8) is 0 Å². The van der Waals surface area contributed by atoms with E-state index in [1.807, 2.05) is 25.1 Å². The molecule has 0 unspecified atom stereocenters. The van der Waals surface area contributed by atoms with Crippen molar-refractivity contribution < 1.29 is 18.6 Å². The fourth-order valence-electron chi connectivity index (χ4n) is 3.05. The number of nitrogens with one attached hydrogen (secondary N) is 2. The SMILES string of the molecule is CCNC(=NCc1cc(OC)c(OC)c(OC)c1)NCC(C)(C)c1cccc(F)c1. The van der Waals surface area contributed by atoms with Crippen molar-refractivity contribution >= 4 is 5.96 Å². The zero-order valence-corrected chi connectivity index (χ0v) is 18.6. The van der Waals surface area contributed by atoms with Crippen molar-refractivity contribution in [2.75, 3.05) is 34.4 Å². The number of ether oxygens (including phenoxy) is 3. The topological polar surface area (TPSA) is 64.1 Å². The largest absolute Gasteiger partial charge is 0.493 e. The summed E-state index contributed by atoms with van der Waals surface area (Å²) in [6.07, 6.45) is 0. The Bertz CT molecular complexity index is 844. The van der Waals surface area contributed by atoms with Crippen molar-refractivity contribution in [1.29, 1.82) is 0 Å². The molecular formula is C23H32FN3O3. The number of methoxy groups -OCH3 is 3. The summed E-state index contributed by atoms with van der Waals surface area (Å²) in [7, 11) is 4.75. The molecule has 0 saturated heterocycles. The van der Waals surface area contributed by atoms with Crippen LogP contribution in [0.3, 0.4) is 0 Å². The average molecular weight is 418 g/mol. The fraction of sp³-hybridized carbons (Fsp3) is 0.435. The summed E-state index contributed by atoms with van der Waals surface area (Å²) in [4.78, 5) is 4.67. The Hall–Kier alpha value is -2.96. The molecule has 0 saturated carbocycles. The Labute approximate surface area is 178 Å². The van der Waals surface area contributed by atoms with Crippen LogP contribution in [-0.2, 0) is 12.0 Å². The van der Waals surface area contributed by atoms with Gasteiger partial charge in [-0.3, -0.25) is 0 Å². The lowest BCUT2D eigenvalue weighted by atomic mass is 9.84. The molecule has 2 aromatic rings. The van der Waals surface area contributed by atoms with Crippen LogP contribution in [-0.4, -0.2) is 40.4 Å². The van der Waals surface area contributed by atoms with Crippen LogP contribution in [0.1, 0.15) is 31.9 Å². The van der Waals surface area contributed by atoms with Gasteiger partial charge in [-0.15, -0.1) is 0 Å². The quantitative estimate of drug-likeness (QED) is 0.479. The van der Waals surface area contributed by atoms with Crippen LogP contribution in [0.4, 0.5) is 4.39 Å². The van der Waals surface area contributed by atoms with E-state index in [9.17, 15) is 4.39 Å². The fourth-order valence-corrected chi connectivity index (χ4v) is 3.05. The van der Waals surface area contributed by atoms with Gasteiger partial charge in [0, 0.05) is 18.5 Å². The maximum absolute atomic E-state index is 13.6. The summed E-state index contributed by atoms with van der Waals surface area (Å²) >= 11 is 0. The van der Waals surface area contributed by atoms with Gasteiger partial charge in [0.1, 0.15) is 5.82 Å². The summed E-state index contributed by atoms with van der Waals surface area (Å²) in [6.45, 7) is 7.88. The first-order chi connectivity index (χ1) is 14.3. The van der Waals surface area contributed by atoms with Gasteiger partial charge in [-0.05, 0) is 42.3 Å². The lowest BCUT2D eigenvalue weighted by Gasteiger charge is -2.27. The Morgan fingerprint density at radius 2 is 1.67 bits per heavy atom. The van der Waals surface area contributed by atoms with E-state index in [1.165, 1.54) is 6.07 Å². The minimum atomic E-state index is -0.273. The first kappa shape index (κ1) is 23.3. The zero-order chi connectivity index (χ0) is 22.1. The maximum atomic E-state index is 13.6. The van der Waals surface area contributed by atoms with E-state index < -0.39 is 0 Å². The van der Waals surface area contributed by atoms with E-state index >= 15 is 0 Å². The van der Waals surface area contributed by atoms with Crippen molar-refractivity contribution in [2.45, 2.75) is 32.7 Å². The smallest absolute Gasteiger partial charge is 0.203 e. The Morgan fingerprint density at radius 1 is 1.00 bits per heavy atom. The number of guanidine groups is 1. The highest BCUT2D eigenvalue weighted by atomic mass is 19.1. The summed E-state index contributed by atoms with van der Waals surface area (Å²) in [6, 6.07) is 10.5. The van der Waals surface area contributed by atoms with Crippen LogP contribution in [0, 0.1) is 5.82 Å². The highest BCUT2D eigenvalue weighted by molar-refractivity contribution is 5.79. The number of benzene rings is 2. The third-order valence-corrected chi connectivity index (χ3v) is 4.79. The standard InChI is InChI=1S/C23H32FN3O3/c1-7-25-22(27-15-23(2,3)17-9-8-10-18(24)13-17)26-14-16-11-19(28-4)21(30-6)20(12-16)29-5/h8-13H,7,14-15H2,1-6H3,(H2,25,26,27). The molecule has 6 nitrogen and oxygen atoms in total. The van der Waals surface area contributed by atoms with Gasteiger partial charge in [0.05, 0.1) is 27.9 Å². The molecule has 0 aliphatic rings. The third-order valence-electron chi connectivity index (χ3n) is 4.79. The van der Waals surface area contributed by atoms with Gasteiger partial charge in [0.2, 0.25) is 5.75 Å². The monoisotopic (exact) mass is 417 g/mol. The highest BCUT2D eigenvalue weighted by Gasteiger charge is 2.21. The predicted octanol–water partition coefficient (Wildman–Crippen LogP) is 3.88. The second-order valence-electron chi connectivity index (χ2n) is 7.48. The molecule has 30 heavy (non-hydrogen) atoms.